The van der Waals surface area contributed by atoms with Crippen LogP contribution in [0, 0.1) is 17.8 Å². The number of rotatable bonds is 8. The molecule has 7 rings (SSSR count). The molecule has 0 aromatic rings. The number of ether oxygens (including phenoxy) is 2. The second-order valence-electron chi connectivity index (χ2n) is 14.4. The summed E-state index contributed by atoms with van der Waals surface area (Å²) in [7, 11) is 2.18. The molecule has 2 N–H and O–H groups in total. The van der Waals surface area contributed by atoms with Crippen molar-refractivity contribution in [3.63, 3.8) is 0 Å². The number of carbonyl (C=O) groups is 2. The van der Waals surface area contributed by atoms with Crippen LogP contribution in [0.15, 0.2) is 11.8 Å². The number of nitrogens with zero attached hydrogens (tertiary/aromatic N) is 3. The van der Waals surface area contributed by atoms with Gasteiger partial charge in [0.25, 0.3) is 5.91 Å². The van der Waals surface area contributed by atoms with E-state index in [-0.39, 0.29) is 41.9 Å². The molecule has 0 aromatic heterocycles. The van der Waals surface area contributed by atoms with Crippen LogP contribution in [0.25, 0.3) is 0 Å². The number of likely N-dealkylation sites (tertiary alicyclic amines) is 1. The molecule has 0 radical (unpaired) electrons. The highest BCUT2D eigenvalue weighted by Crippen LogP contribution is 2.50. The molecule has 4 heterocycles. The summed E-state index contributed by atoms with van der Waals surface area (Å²) in [6.45, 7) is 6.21. The summed E-state index contributed by atoms with van der Waals surface area (Å²) in [6, 6.07) is 0.0131. The Morgan fingerprint density at radius 1 is 1.02 bits per heavy atom. The molecule has 4 aliphatic heterocycles. The Hall–Kier alpha value is -1.59. The maximum atomic E-state index is 16.2. The monoisotopic (exact) mass is 601 g/mol. The lowest BCUT2D eigenvalue weighted by molar-refractivity contribution is -0.220. The fourth-order valence-corrected chi connectivity index (χ4v) is 9.77. The van der Waals surface area contributed by atoms with Gasteiger partial charge in [-0.3, -0.25) is 14.5 Å². The van der Waals surface area contributed by atoms with E-state index in [1.807, 2.05) is 6.20 Å². The summed E-state index contributed by atoms with van der Waals surface area (Å²) < 4.78 is 28.7. The van der Waals surface area contributed by atoms with Gasteiger partial charge in [-0.15, -0.1) is 0 Å². The molecule has 43 heavy (non-hydrogen) atoms. The van der Waals surface area contributed by atoms with E-state index in [0.29, 0.717) is 37.6 Å². The molecule has 0 aromatic carbocycles. The van der Waals surface area contributed by atoms with Gasteiger partial charge in [0.05, 0.1) is 49.1 Å². The van der Waals surface area contributed by atoms with Gasteiger partial charge in [0.15, 0.2) is 5.78 Å². The second kappa shape index (κ2) is 13.0. The Kier molecular flexibility index (Phi) is 9.11. The predicted molar refractivity (Wildman–Crippen MR) is 161 cm³/mol. The van der Waals surface area contributed by atoms with E-state index in [9.17, 15) is 9.59 Å². The highest BCUT2D eigenvalue weighted by molar-refractivity contribution is 6.20. The third-order valence-electron chi connectivity index (χ3n) is 12.1. The molecule has 1 amide bonds. The number of nitrogens with one attached hydrogen (secondary N) is 2. The number of carbonyl (C=O) groups excluding carboxylic acids is 2. The molecule has 10 heteroatoms. The minimum atomic E-state index is -1.19. The van der Waals surface area contributed by atoms with E-state index in [1.165, 1.54) is 38.5 Å². The summed E-state index contributed by atoms with van der Waals surface area (Å²) in [6.07, 6.45) is 10.9. The highest BCUT2D eigenvalue weighted by atomic mass is 19.1. The van der Waals surface area contributed by atoms with Gasteiger partial charge < -0.3 is 29.9 Å². The summed E-state index contributed by atoms with van der Waals surface area (Å²) in [4.78, 5) is 34.4. The lowest BCUT2D eigenvalue weighted by Crippen LogP contribution is -2.74. The lowest BCUT2D eigenvalue weighted by Gasteiger charge is -2.61. The predicted octanol–water partition coefficient (Wildman–Crippen LogP) is 2.11. The van der Waals surface area contributed by atoms with Crippen LogP contribution in [-0.2, 0) is 19.1 Å². The van der Waals surface area contributed by atoms with Gasteiger partial charge >= 0.3 is 0 Å². The number of halogens is 1. The zero-order valence-corrected chi connectivity index (χ0v) is 25.9. The molecule has 3 aliphatic carbocycles. The summed E-state index contributed by atoms with van der Waals surface area (Å²) in [5, 5.41) is 6.62. The normalized spacial score (nSPS) is 41.7. The van der Waals surface area contributed by atoms with E-state index >= 15 is 4.39 Å². The fourth-order valence-electron chi connectivity index (χ4n) is 9.77. The van der Waals surface area contributed by atoms with Crippen molar-refractivity contribution in [2.45, 2.75) is 107 Å². The number of hydrogen-bond acceptors (Lipinski definition) is 8. The Bertz CT molecular complexity index is 1050. The molecule has 10 unspecified atom stereocenters. The Balaban J connectivity index is 1.12. The minimum absolute atomic E-state index is 0.0200. The molecule has 3 saturated heterocycles. The molecule has 3 saturated carbocycles. The van der Waals surface area contributed by atoms with E-state index in [1.54, 1.807) is 0 Å². The number of alkyl halides is 1. The first kappa shape index (κ1) is 30.1. The number of hydrogen-bond donors (Lipinski definition) is 2. The van der Waals surface area contributed by atoms with Gasteiger partial charge in [0.1, 0.15) is 6.17 Å². The largest absolute Gasteiger partial charge is 0.379 e. The van der Waals surface area contributed by atoms with Gasteiger partial charge in [0, 0.05) is 44.3 Å². The second-order valence-corrected chi connectivity index (χ2v) is 14.4. The van der Waals surface area contributed by atoms with Crippen molar-refractivity contribution in [2.75, 3.05) is 59.5 Å². The first-order chi connectivity index (χ1) is 21.0. The SMILES string of the molecule is CN1CCCC1CCNC1C(F)CC2C(=O)C(C(=O)NCCN3CCOCC3)=CN3C4CCC5CCCCC5C4OC1C23. The molecular weight excluding hydrogens is 549 g/mol. The first-order valence-corrected chi connectivity index (χ1v) is 17.3. The van der Waals surface area contributed by atoms with Gasteiger partial charge in [0.2, 0.25) is 0 Å². The average Bonchev–Trinajstić information content (AvgIpc) is 3.44. The average molecular weight is 602 g/mol. The van der Waals surface area contributed by atoms with Crippen molar-refractivity contribution in [2.24, 2.45) is 17.8 Å². The molecule has 240 valence electrons. The van der Waals surface area contributed by atoms with Crippen LogP contribution in [0.3, 0.4) is 0 Å². The van der Waals surface area contributed by atoms with Crippen molar-refractivity contribution < 1.29 is 23.5 Å². The van der Waals surface area contributed by atoms with Gasteiger partial charge in [-0.2, -0.15) is 0 Å². The lowest BCUT2D eigenvalue weighted by atomic mass is 9.64. The number of morpholine rings is 2. The van der Waals surface area contributed by atoms with E-state index in [2.05, 4.69) is 32.4 Å². The summed E-state index contributed by atoms with van der Waals surface area (Å²) in [5.41, 5.74) is 0.205. The number of amides is 1. The third kappa shape index (κ3) is 5.91. The zero-order chi connectivity index (χ0) is 29.5. The number of Topliss-reactive ketones (excluding diaryl/α,β-unsaturated/α-hetero) is 1. The van der Waals surface area contributed by atoms with Crippen molar-refractivity contribution in [1.29, 1.82) is 0 Å². The Morgan fingerprint density at radius 3 is 2.67 bits per heavy atom. The number of fused-ring (bicyclic) bond motifs is 4. The van der Waals surface area contributed by atoms with Crippen LogP contribution < -0.4 is 10.6 Å². The fraction of sp³-hybridized carbons (Fsp3) is 0.879. The van der Waals surface area contributed by atoms with Crippen molar-refractivity contribution in [3.05, 3.63) is 11.8 Å². The summed E-state index contributed by atoms with van der Waals surface area (Å²) in [5.74, 6) is 0.0384. The maximum absolute atomic E-state index is 16.2. The van der Waals surface area contributed by atoms with Crippen molar-refractivity contribution >= 4 is 11.7 Å². The van der Waals surface area contributed by atoms with Gasteiger partial charge in [-0.1, -0.05) is 19.3 Å². The number of ketones is 1. The van der Waals surface area contributed by atoms with Crippen molar-refractivity contribution in [1.82, 2.24) is 25.3 Å². The van der Waals surface area contributed by atoms with E-state index in [0.717, 1.165) is 52.0 Å². The molecule has 10 atom stereocenters. The van der Waals surface area contributed by atoms with E-state index < -0.39 is 24.2 Å². The first-order valence-electron chi connectivity index (χ1n) is 17.3. The van der Waals surface area contributed by atoms with Gasteiger partial charge in [-0.25, -0.2) is 4.39 Å². The topological polar surface area (TPSA) is 86.4 Å². The molecular formula is C33H52FN5O4. The molecule has 9 nitrogen and oxygen atoms in total. The van der Waals surface area contributed by atoms with Crippen LogP contribution in [0.5, 0.6) is 0 Å². The zero-order valence-electron chi connectivity index (χ0n) is 25.9. The molecule has 0 bridgehead atoms. The van der Waals surface area contributed by atoms with Crippen LogP contribution in [-0.4, -0.2) is 128 Å². The van der Waals surface area contributed by atoms with Gasteiger partial charge in [-0.05, 0) is 76.9 Å². The summed E-state index contributed by atoms with van der Waals surface area (Å²) >= 11 is 0. The molecule has 0 spiro atoms. The smallest absolute Gasteiger partial charge is 0.256 e. The van der Waals surface area contributed by atoms with Crippen LogP contribution in [0.4, 0.5) is 4.39 Å². The standard InChI is InChI=1S/C33H52FN5O4/c1-37-13-4-6-22(37)10-11-35-28-26(34)19-24-29-32(28)43-31-23-7-3-2-5-21(23)8-9-27(31)39(29)20-25(30(24)40)33(41)36-12-14-38-15-17-42-18-16-38/h20-24,26-29,31-32,35H,2-19H2,1H3,(H,36,41). The molecule has 6 fully saturated rings. The highest BCUT2D eigenvalue weighted by Gasteiger charge is 2.60. The quantitative estimate of drug-likeness (QED) is 0.410. The minimum Gasteiger partial charge on any atom is -0.379 e. The Labute approximate surface area is 256 Å². The van der Waals surface area contributed by atoms with Crippen molar-refractivity contribution in [3.8, 4) is 0 Å². The van der Waals surface area contributed by atoms with Crippen LogP contribution in [0.2, 0.25) is 0 Å². The molecule has 7 aliphatic rings. The van der Waals surface area contributed by atoms with Crippen LogP contribution >= 0.6 is 0 Å². The Morgan fingerprint density at radius 2 is 1.86 bits per heavy atom. The third-order valence-corrected chi connectivity index (χ3v) is 12.1. The van der Waals surface area contributed by atoms with Crippen LogP contribution in [0.1, 0.15) is 64.2 Å². The maximum Gasteiger partial charge on any atom is 0.256 e. The van der Waals surface area contributed by atoms with E-state index in [4.69, 9.17) is 9.47 Å².